The van der Waals surface area contributed by atoms with Crippen LogP contribution in [0.1, 0.15) is 35.3 Å². The summed E-state index contributed by atoms with van der Waals surface area (Å²) in [5.41, 5.74) is 2.42. The second-order valence-electron chi connectivity index (χ2n) is 6.17. The van der Waals surface area contributed by atoms with E-state index >= 15 is 0 Å². The number of hydrogen-bond donors (Lipinski definition) is 1. The number of amides is 2. The maximum Gasteiger partial charge on any atom is 0.227 e. The van der Waals surface area contributed by atoms with Gasteiger partial charge in [-0.3, -0.25) is 9.59 Å². The first kappa shape index (κ1) is 18.1. The molecule has 1 aromatic carbocycles. The van der Waals surface area contributed by atoms with Gasteiger partial charge in [-0.25, -0.2) is 4.98 Å². The average Bonchev–Trinajstić information content (AvgIpc) is 3.18. The minimum Gasteiger partial charge on any atom is -0.342 e. The Bertz CT molecular complexity index is 790. The largest absolute Gasteiger partial charge is 0.342 e. The second kappa shape index (κ2) is 8.10. The number of carbonyl (C=O) groups is 2. The van der Waals surface area contributed by atoms with Crippen LogP contribution >= 0.6 is 27.3 Å². The van der Waals surface area contributed by atoms with Gasteiger partial charge < -0.3 is 10.2 Å². The number of carbonyl (C=O) groups excluding carboxylic acids is 2. The van der Waals surface area contributed by atoms with Crippen LogP contribution in [0.15, 0.2) is 28.9 Å². The Morgan fingerprint density at radius 1 is 1.44 bits per heavy atom. The van der Waals surface area contributed by atoms with Crippen molar-refractivity contribution < 1.29 is 9.59 Å². The number of aryl methyl sites for hydroxylation is 1. The third kappa shape index (κ3) is 4.89. The van der Waals surface area contributed by atoms with E-state index in [0.717, 1.165) is 28.7 Å². The average molecular weight is 422 g/mol. The van der Waals surface area contributed by atoms with Crippen molar-refractivity contribution in [2.45, 2.75) is 32.6 Å². The van der Waals surface area contributed by atoms with Crippen molar-refractivity contribution in [2.75, 3.05) is 18.4 Å². The summed E-state index contributed by atoms with van der Waals surface area (Å²) in [4.78, 5) is 30.7. The van der Waals surface area contributed by atoms with Crippen molar-refractivity contribution in [2.24, 2.45) is 0 Å². The molecule has 132 valence electrons. The van der Waals surface area contributed by atoms with E-state index in [0.29, 0.717) is 24.5 Å². The molecule has 1 aromatic heterocycles. The second-order valence-corrected chi connectivity index (χ2v) is 8.14. The Balaban J connectivity index is 1.51. The number of rotatable bonds is 6. The summed E-state index contributed by atoms with van der Waals surface area (Å²) in [5, 5.41) is 3.44. The molecule has 2 heterocycles. The minimum absolute atomic E-state index is 0.0971. The number of anilines is 1. The summed E-state index contributed by atoms with van der Waals surface area (Å²) in [7, 11) is 0. The van der Waals surface area contributed by atoms with E-state index in [2.05, 4.69) is 45.3 Å². The van der Waals surface area contributed by atoms with E-state index in [1.165, 1.54) is 22.5 Å². The molecule has 1 saturated heterocycles. The minimum atomic E-state index is -0.0971. The van der Waals surface area contributed by atoms with Gasteiger partial charge in [0.15, 0.2) is 5.13 Å². The quantitative estimate of drug-likeness (QED) is 0.771. The zero-order valence-corrected chi connectivity index (χ0v) is 16.5. The molecule has 0 atom stereocenters. The molecule has 7 heteroatoms. The Kier molecular flexibility index (Phi) is 5.86. The lowest BCUT2D eigenvalue weighted by Gasteiger charge is -2.14. The van der Waals surface area contributed by atoms with E-state index in [9.17, 15) is 9.59 Å². The molecule has 1 fully saturated rings. The number of thiazole rings is 1. The standard InChI is InChI=1S/C18H20BrN3O2S/c1-12-9-13(4-5-15(12)19)10-14-11-20-18(25-14)21-16(23)6-8-22-7-2-3-17(22)24/h4-5,9,11H,2-3,6-8,10H2,1H3,(H,20,21,23). The molecule has 0 radical (unpaired) electrons. The molecule has 2 aromatic rings. The maximum absolute atomic E-state index is 12.0. The molecular formula is C18H20BrN3O2S. The molecule has 0 spiro atoms. The van der Waals surface area contributed by atoms with Crippen molar-refractivity contribution in [1.29, 1.82) is 0 Å². The molecule has 0 aliphatic carbocycles. The highest BCUT2D eigenvalue weighted by atomic mass is 79.9. The van der Waals surface area contributed by atoms with Crippen LogP contribution in [0.25, 0.3) is 0 Å². The molecule has 0 bridgehead atoms. The highest BCUT2D eigenvalue weighted by Gasteiger charge is 2.20. The zero-order valence-electron chi connectivity index (χ0n) is 14.0. The van der Waals surface area contributed by atoms with Gasteiger partial charge in [0.1, 0.15) is 0 Å². The summed E-state index contributed by atoms with van der Waals surface area (Å²) in [6, 6.07) is 6.28. The van der Waals surface area contributed by atoms with Gasteiger partial charge in [0, 0.05) is 47.9 Å². The van der Waals surface area contributed by atoms with Gasteiger partial charge >= 0.3 is 0 Å². The smallest absolute Gasteiger partial charge is 0.227 e. The normalized spacial score (nSPS) is 14.2. The third-order valence-electron chi connectivity index (χ3n) is 4.18. The first-order chi connectivity index (χ1) is 12.0. The number of aromatic nitrogens is 1. The first-order valence-corrected chi connectivity index (χ1v) is 9.89. The number of likely N-dealkylation sites (tertiary alicyclic amines) is 1. The summed E-state index contributed by atoms with van der Waals surface area (Å²) < 4.78 is 1.10. The van der Waals surface area contributed by atoms with Crippen LogP contribution in [0.4, 0.5) is 5.13 Å². The number of halogens is 1. The van der Waals surface area contributed by atoms with Gasteiger partial charge in [-0.05, 0) is 30.5 Å². The van der Waals surface area contributed by atoms with Crippen LogP contribution in [-0.4, -0.2) is 34.8 Å². The summed E-state index contributed by atoms with van der Waals surface area (Å²) in [6.45, 7) is 3.32. The zero-order chi connectivity index (χ0) is 17.8. The fraction of sp³-hybridized carbons (Fsp3) is 0.389. The van der Waals surface area contributed by atoms with Gasteiger partial charge in [-0.15, -0.1) is 11.3 Å². The summed E-state index contributed by atoms with van der Waals surface area (Å²) in [5.74, 6) is 0.0502. The van der Waals surface area contributed by atoms with E-state index in [1.54, 1.807) is 4.90 Å². The van der Waals surface area contributed by atoms with E-state index in [-0.39, 0.29) is 11.8 Å². The SMILES string of the molecule is Cc1cc(Cc2cnc(NC(=O)CCN3CCCC3=O)s2)ccc1Br. The fourth-order valence-corrected chi connectivity index (χ4v) is 3.93. The van der Waals surface area contributed by atoms with Crippen LogP contribution in [0, 0.1) is 6.92 Å². The predicted octanol–water partition coefficient (Wildman–Crippen LogP) is 3.76. The molecule has 1 aliphatic rings. The van der Waals surface area contributed by atoms with E-state index < -0.39 is 0 Å². The lowest BCUT2D eigenvalue weighted by atomic mass is 10.1. The molecule has 5 nitrogen and oxygen atoms in total. The molecule has 3 rings (SSSR count). The van der Waals surface area contributed by atoms with E-state index in [4.69, 9.17) is 0 Å². The van der Waals surface area contributed by atoms with Crippen molar-refractivity contribution in [3.63, 3.8) is 0 Å². The highest BCUT2D eigenvalue weighted by Crippen LogP contribution is 2.24. The third-order valence-corrected chi connectivity index (χ3v) is 5.98. The van der Waals surface area contributed by atoms with Crippen LogP contribution < -0.4 is 5.32 Å². The number of nitrogens with one attached hydrogen (secondary N) is 1. The Hall–Kier alpha value is -1.73. The van der Waals surface area contributed by atoms with Crippen molar-refractivity contribution >= 4 is 44.2 Å². The molecule has 0 unspecified atom stereocenters. The van der Waals surface area contributed by atoms with Gasteiger partial charge in [-0.1, -0.05) is 28.1 Å². The summed E-state index contributed by atoms with van der Waals surface area (Å²) in [6.07, 6.45) is 4.41. The van der Waals surface area contributed by atoms with Crippen LogP contribution in [0.3, 0.4) is 0 Å². The molecule has 25 heavy (non-hydrogen) atoms. The Morgan fingerprint density at radius 2 is 2.28 bits per heavy atom. The molecule has 1 aliphatic heterocycles. The van der Waals surface area contributed by atoms with Crippen LogP contribution in [-0.2, 0) is 16.0 Å². The van der Waals surface area contributed by atoms with Gasteiger partial charge in [0.25, 0.3) is 0 Å². The number of hydrogen-bond acceptors (Lipinski definition) is 4. The van der Waals surface area contributed by atoms with Crippen LogP contribution in [0.2, 0.25) is 0 Å². The fourth-order valence-electron chi connectivity index (χ4n) is 2.82. The maximum atomic E-state index is 12.0. The van der Waals surface area contributed by atoms with Gasteiger partial charge in [0.05, 0.1) is 0 Å². The lowest BCUT2D eigenvalue weighted by Crippen LogP contribution is -2.28. The van der Waals surface area contributed by atoms with Crippen LogP contribution in [0.5, 0.6) is 0 Å². The molecular weight excluding hydrogens is 402 g/mol. The summed E-state index contributed by atoms with van der Waals surface area (Å²) >= 11 is 5.00. The predicted molar refractivity (Wildman–Crippen MR) is 103 cm³/mol. The van der Waals surface area contributed by atoms with Gasteiger partial charge in [-0.2, -0.15) is 0 Å². The van der Waals surface area contributed by atoms with Crippen molar-refractivity contribution in [3.05, 3.63) is 44.9 Å². The Labute approximate surface area is 159 Å². The number of benzene rings is 1. The van der Waals surface area contributed by atoms with E-state index in [1.807, 2.05) is 12.3 Å². The number of nitrogens with zero attached hydrogens (tertiary/aromatic N) is 2. The van der Waals surface area contributed by atoms with Crippen molar-refractivity contribution in [1.82, 2.24) is 9.88 Å². The monoisotopic (exact) mass is 421 g/mol. The topological polar surface area (TPSA) is 62.3 Å². The van der Waals surface area contributed by atoms with Gasteiger partial charge in [0.2, 0.25) is 11.8 Å². The first-order valence-electron chi connectivity index (χ1n) is 8.28. The molecule has 2 amide bonds. The highest BCUT2D eigenvalue weighted by molar-refractivity contribution is 9.10. The van der Waals surface area contributed by atoms with Crippen molar-refractivity contribution in [3.8, 4) is 0 Å². The Morgan fingerprint density at radius 3 is 3.00 bits per heavy atom. The molecule has 0 saturated carbocycles. The molecule has 1 N–H and O–H groups in total. The lowest BCUT2D eigenvalue weighted by molar-refractivity contribution is -0.128.